The molecule has 1 aromatic rings. The lowest BCUT2D eigenvalue weighted by molar-refractivity contribution is 0.145. The van der Waals surface area contributed by atoms with Crippen molar-refractivity contribution in [2.24, 2.45) is 0 Å². The topological polar surface area (TPSA) is 38.9 Å². The summed E-state index contributed by atoms with van der Waals surface area (Å²) in [6, 6.07) is 1.00. The highest BCUT2D eigenvalue weighted by Crippen LogP contribution is 2.23. The Morgan fingerprint density at radius 3 is 2.58 bits per heavy atom. The van der Waals surface area contributed by atoms with Gasteiger partial charge in [0.1, 0.15) is 5.82 Å². The molecule has 0 atom stereocenters. The largest absolute Gasteiger partial charge is 0.383 e. The Hall–Kier alpha value is -1.26. The van der Waals surface area contributed by atoms with E-state index in [1.54, 1.807) is 0 Å². The highest BCUT2D eigenvalue weighted by Gasteiger charge is 2.15. The van der Waals surface area contributed by atoms with Crippen molar-refractivity contribution in [3.8, 4) is 0 Å². The lowest BCUT2D eigenvalue weighted by Gasteiger charge is -2.04. The number of nitrogens with two attached hydrogens (primary N) is 1. The fourth-order valence-electron chi connectivity index (χ4n) is 0.778. The molecule has 0 aliphatic rings. The Kier molecular flexibility index (Phi) is 2.21. The van der Waals surface area contributed by atoms with Gasteiger partial charge in [-0.2, -0.15) is 4.39 Å². The van der Waals surface area contributed by atoms with Gasteiger partial charge in [0, 0.05) is 0 Å². The molecular weight excluding hydrogens is 169 g/mol. The average Bonchev–Trinajstić information content (AvgIpc) is 1.96. The third kappa shape index (κ3) is 1.49. The Labute approximate surface area is 67.2 Å². The normalized spacial score (nSPS) is 10.8. The summed E-state index contributed by atoms with van der Waals surface area (Å²) in [6.45, 7) is 1.49. The van der Waals surface area contributed by atoms with Crippen LogP contribution in [0.25, 0.3) is 0 Å². The molecule has 2 N–H and O–H groups in total. The van der Waals surface area contributed by atoms with E-state index in [4.69, 9.17) is 5.73 Å². The van der Waals surface area contributed by atoms with E-state index >= 15 is 0 Å². The van der Waals surface area contributed by atoms with Gasteiger partial charge in [0.2, 0.25) is 5.95 Å². The SMILES string of the molecule is Cc1cc(C(F)F)c(F)nc1N. The number of anilines is 1. The molecule has 0 aliphatic carbocycles. The second-order valence-electron chi connectivity index (χ2n) is 2.37. The molecule has 0 spiro atoms. The fraction of sp³-hybridized carbons (Fsp3) is 0.286. The standard InChI is InChI=1S/C7H7F3N2/c1-3-2-4(5(8)9)6(10)12-7(3)11/h2,5H,1H3,(H2,11,12). The maximum absolute atomic E-state index is 12.6. The summed E-state index contributed by atoms with van der Waals surface area (Å²) in [5.74, 6) is -1.26. The minimum atomic E-state index is -2.85. The number of aryl methyl sites for hydroxylation is 1. The second-order valence-corrected chi connectivity index (χ2v) is 2.37. The van der Waals surface area contributed by atoms with Gasteiger partial charge in [0.15, 0.2) is 0 Å². The van der Waals surface area contributed by atoms with Gasteiger partial charge in [-0.05, 0) is 18.6 Å². The lowest BCUT2D eigenvalue weighted by Crippen LogP contribution is -2.01. The van der Waals surface area contributed by atoms with Crippen molar-refractivity contribution in [3.63, 3.8) is 0 Å². The van der Waals surface area contributed by atoms with E-state index in [0.29, 0.717) is 5.56 Å². The smallest absolute Gasteiger partial charge is 0.268 e. The van der Waals surface area contributed by atoms with E-state index in [9.17, 15) is 13.2 Å². The van der Waals surface area contributed by atoms with Crippen molar-refractivity contribution in [2.75, 3.05) is 5.73 Å². The van der Waals surface area contributed by atoms with E-state index in [0.717, 1.165) is 6.07 Å². The molecule has 2 nitrogen and oxygen atoms in total. The zero-order valence-corrected chi connectivity index (χ0v) is 6.31. The van der Waals surface area contributed by atoms with Crippen LogP contribution in [0.15, 0.2) is 6.07 Å². The number of alkyl halides is 2. The van der Waals surface area contributed by atoms with Gasteiger partial charge in [-0.15, -0.1) is 0 Å². The number of hydrogen-bond donors (Lipinski definition) is 1. The number of nitrogen functional groups attached to an aromatic ring is 1. The molecule has 1 rings (SSSR count). The molecule has 66 valence electrons. The van der Waals surface area contributed by atoms with Gasteiger partial charge < -0.3 is 5.73 Å². The highest BCUT2D eigenvalue weighted by molar-refractivity contribution is 5.40. The number of halogens is 3. The van der Waals surface area contributed by atoms with Crippen molar-refractivity contribution in [2.45, 2.75) is 13.3 Å². The van der Waals surface area contributed by atoms with E-state index < -0.39 is 17.9 Å². The second kappa shape index (κ2) is 3.00. The van der Waals surface area contributed by atoms with E-state index in [1.807, 2.05) is 0 Å². The molecule has 0 aromatic carbocycles. The van der Waals surface area contributed by atoms with Gasteiger partial charge >= 0.3 is 0 Å². The van der Waals surface area contributed by atoms with Crippen molar-refractivity contribution in [1.29, 1.82) is 0 Å². The lowest BCUT2D eigenvalue weighted by atomic mass is 10.2. The first-order chi connectivity index (χ1) is 5.52. The first kappa shape index (κ1) is 8.83. The third-order valence-corrected chi connectivity index (χ3v) is 1.47. The molecule has 1 aromatic heterocycles. The van der Waals surface area contributed by atoms with Gasteiger partial charge in [-0.3, -0.25) is 0 Å². The van der Waals surface area contributed by atoms with Crippen LogP contribution in [0, 0.1) is 12.9 Å². The maximum atomic E-state index is 12.6. The molecule has 12 heavy (non-hydrogen) atoms. The van der Waals surface area contributed by atoms with Crippen LogP contribution in [0.4, 0.5) is 19.0 Å². The first-order valence-electron chi connectivity index (χ1n) is 3.23. The van der Waals surface area contributed by atoms with Gasteiger partial charge in [-0.1, -0.05) is 0 Å². The summed E-state index contributed by atoms with van der Waals surface area (Å²) in [6.07, 6.45) is -2.85. The van der Waals surface area contributed by atoms with Crippen molar-refractivity contribution in [3.05, 3.63) is 23.1 Å². The first-order valence-corrected chi connectivity index (χ1v) is 3.23. The highest BCUT2D eigenvalue weighted by atomic mass is 19.3. The molecule has 0 bridgehead atoms. The van der Waals surface area contributed by atoms with Gasteiger partial charge in [-0.25, -0.2) is 13.8 Å². The van der Waals surface area contributed by atoms with Gasteiger partial charge in [0.05, 0.1) is 5.56 Å². The fourth-order valence-corrected chi connectivity index (χ4v) is 0.778. The average molecular weight is 176 g/mol. The third-order valence-electron chi connectivity index (χ3n) is 1.47. The van der Waals surface area contributed by atoms with Crippen LogP contribution in [-0.2, 0) is 0 Å². The Morgan fingerprint density at radius 1 is 1.50 bits per heavy atom. The summed E-state index contributed by atoms with van der Waals surface area (Å²) in [5, 5.41) is 0. The van der Waals surface area contributed by atoms with Crippen LogP contribution < -0.4 is 5.73 Å². The maximum Gasteiger partial charge on any atom is 0.268 e. The van der Waals surface area contributed by atoms with Crippen LogP contribution in [0.2, 0.25) is 0 Å². The summed E-state index contributed by atoms with van der Waals surface area (Å²) in [7, 11) is 0. The molecule has 1 heterocycles. The molecule has 0 saturated heterocycles. The molecule has 0 amide bonds. The van der Waals surface area contributed by atoms with E-state index in [1.165, 1.54) is 6.92 Å². The van der Waals surface area contributed by atoms with E-state index in [-0.39, 0.29) is 5.82 Å². The molecule has 0 aliphatic heterocycles. The number of nitrogens with zero attached hydrogens (tertiary/aromatic N) is 1. The molecule has 0 saturated carbocycles. The van der Waals surface area contributed by atoms with Crippen molar-refractivity contribution < 1.29 is 13.2 Å². The monoisotopic (exact) mass is 176 g/mol. The number of rotatable bonds is 1. The minimum absolute atomic E-state index is 0.0584. The van der Waals surface area contributed by atoms with Crippen molar-refractivity contribution >= 4 is 5.82 Å². The van der Waals surface area contributed by atoms with E-state index in [2.05, 4.69) is 4.98 Å². The van der Waals surface area contributed by atoms with Crippen LogP contribution in [0.5, 0.6) is 0 Å². The van der Waals surface area contributed by atoms with Crippen molar-refractivity contribution in [1.82, 2.24) is 4.98 Å². The minimum Gasteiger partial charge on any atom is -0.383 e. The van der Waals surface area contributed by atoms with Crippen LogP contribution in [0.1, 0.15) is 17.6 Å². The Morgan fingerprint density at radius 2 is 2.08 bits per heavy atom. The van der Waals surface area contributed by atoms with Crippen LogP contribution in [-0.4, -0.2) is 4.98 Å². The quantitative estimate of drug-likeness (QED) is 0.665. The molecule has 0 unspecified atom stereocenters. The molecule has 0 fully saturated rings. The number of pyridine rings is 1. The molecular formula is C7H7F3N2. The zero-order valence-electron chi connectivity index (χ0n) is 6.31. The predicted molar refractivity (Wildman–Crippen MR) is 38.3 cm³/mol. The molecule has 0 radical (unpaired) electrons. The summed E-state index contributed by atoms with van der Waals surface area (Å²) in [4.78, 5) is 3.13. The summed E-state index contributed by atoms with van der Waals surface area (Å²) in [5.41, 5.74) is 4.84. The Bertz CT molecular complexity index is 299. The van der Waals surface area contributed by atoms with Crippen LogP contribution in [0.3, 0.4) is 0 Å². The predicted octanol–water partition coefficient (Wildman–Crippen LogP) is 2.05. The Balaban J connectivity index is 3.23. The summed E-state index contributed by atoms with van der Waals surface area (Å²) < 4.78 is 36.6. The summed E-state index contributed by atoms with van der Waals surface area (Å²) >= 11 is 0. The van der Waals surface area contributed by atoms with Gasteiger partial charge in [0.25, 0.3) is 6.43 Å². The number of hydrogen-bond acceptors (Lipinski definition) is 2. The number of aromatic nitrogens is 1. The van der Waals surface area contributed by atoms with Crippen LogP contribution >= 0.6 is 0 Å². The zero-order chi connectivity index (χ0) is 9.30. The molecule has 5 heteroatoms.